The number of carbonyl (C=O) groups is 1. The molecule has 9 nitrogen and oxygen atoms in total. The molecule has 4 aromatic rings. The second-order valence-electron chi connectivity index (χ2n) is 6.03. The molecule has 1 N–H and O–H groups in total. The molecule has 140 valence electrons. The Labute approximate surface area is 159 Å². The van der Waals surface area contributed by atoms with Crippen LogP contribution < -0.4 is 10.9 Å². The van der Waals surface area contributed by atoms with Crippen LogP contribution in [0.5, 0.6) is 0 Å². The lowest BCUT2D eigenvalue weighted by Crippen LogP contribution is -2.29. The van der Waals surface area contributed by atoms with Gasteiger partial charge in [0.1, 0.15) is 24.9 Å². The molecule has 0 spiro atoms. The first-order valence-corrected chi connectivity index (χ1v) is 8.51. The number of nitrogens with zero attached hydrogens (tertiary/aromatic N) is 5. The Bertz CT molecular complexity index is 1120. The summed E-state index contributed by atoms with van der Waals surface area (Å²) in [7, 11) is 0. The molecule has 0 unspecified atom stereocenters. The maximum absolute atomic E-state index is 12.3. The molecular formula is C19H16N6O3. The normalized spacial score (nSPS) is 10.7. The SMILES string of the molecule is O=C(Cn1nc(-c2ccco2)ccc1=O)Nc1ccc(Cn2cncn2)cc1. The van der Waals surface area contributed by atoms with Crippen molar-refractivity contribution in [3.8, 4) is 11.5 Å². The number of aromatic nitrogens is 5. The molecule has 1 amide bonds. The summed E-state index contributed by atoms with van der Waals surface area (Å²) in [6, 6.07) is 13.7. The van der Waals surface area contributed by atoms with Crippen molar-refractivity contribution in [1.82, 2.24) is 24.5 Å². The molecule has 0 fully saturated rings. The Hall–Kier alpha value is -4.01. The number of amides is 1. The predicted octanol–water partition coefficient (Wildman–Crippen LogP) is 1.78. The molecule has 0 bridgehead atoms. The monoisotopic (exact) mass is 376 g/mol. The van der Waals surface area contributed by atoms with Crippen molar-refractivity contribution in [2.45, 2.75) is 13.1 Å². The summed E-state index contributed by atoms with van der Waals surface area (Å²) in [6.45, 7) is 0.390. The molecule has 9 heteroatoms. The van der Waals surface area contributed by atoms with E-state index < -0.39 is 0 Å². The second kappa shape index (κ2) is 7.70. The molecule has 1 aromatic carbocycles. The van der Waals surface area contributed by atoms with Gasteiger partial charge in [-0.15, -0.1) is 0 Å². The average Bonchev–Trinajstić information content (AvgIpc) is 3.39. The molecule has 28 heavy (non-hydrogen) atoms. The van der Waals surface area contributed by atoms with Crippen molar-refractivity contribution < 1.29 is 9.21 Å². The summed E-state index contributed by atoms with van der Waals surface area (Å²) in [6.07, 6.45) is 4.63. The number of rotatable bonds is 6. The number of hydrogen-bond acceptors (Lipinski definition) is 6. The Morgan fingerprint density at radius 3 is 2.68 bits per heavy atom. The van der Waals surface area contributed by atoms with Gasteiger partial charge >= 0.3 is 0 Å². The minimum absolute atomic E-state index is 0.200. The van der Waals surface area contributed by atoms with Crippen LogP contribution in [0.2, 0.25) is 0 Å². The van der Waals surface area contributed by atoms with Gasteiger partial charge in [-0.1, -0.05) is 12.1 Å². The summed E-state index contributed by atoms with van der Waals surface area (Å²) >= 11 is 0. The van der Waals surface area contributed by atoms with Gasteiger partial charge in [-0.3, -0.25) is 9.59 Å². The molecule has 0 atom stereocenters. The van der Waals surface area contributed by atoms with E-state index in [0.29, 0.717) is 23.7 Å². The first-order valence-electron chi connectivity index (χ1n) is 8.51. The number of carbonyl (C=O) groups excluding carboxylic acids is 1. The quantitative estimate of drug-likeness (QED) is 0.550. The van der Waals surface area contributed by atoms with E-state index in [2.05, 4.69) is 20.5 Å². The number of anilines is 1. The molecule has 3 heterocycles. The van der Waals surface area contributed by atoms with E-state index in [1.54, 1.807) is 41.3 Å². The van der Waals surface area contributed by atoms with Gasteiger partial charge in [0.2, 0.25) is 5.91 Å². The van der Waals surface area contributed by atoms with Gasteiger partial charge in [0, 0.05) is 11.8 Å². The standard InChI is InChI=1S/C19H16N6O3/c26-18(11-25-19(27)8-7-16(23-25)17-2-1-9-28-17)22-15-5-3-14(4-6-15)10-24-13-20-12-21-24/h1-9,12-13H,10-11H2,(H,22,26). The van der Waals surface area contributed by atoms with E-state index in [-0.39, 0.29) is 18.0 Å². The molecule has 4 rings (SSSR count). The third-order valence-corrected chi connectivity index (χ3v) is 3.98. The third kappa shape index (κ3) is 4.04. The maximum atomic E-state index is 12.3. The van der Waals surface area contributed by atoms with E-state index in [9.17, 15) is 9.59 Å². The average molecular weight is 376 g/mol. The highest BCUT2D eigenvalue weighted by molar-refractivity contribution is 5.90. The van der Waals surface area contributed by atoms with Gasteiger partial charge in [0.15, 0.2) is 5.76 Å². The fourth-order valence-corrected chi connectivity index (χ4v) is 2.65. The zero-order valence-electron chi connectivity index (χ0n) is 14.7. The summed E-state index contributed by atoms with van der Waals surface area (Å²) in [4.78, 5) is 28.2. The molecular weight excluding hydrogens is 360 g/mol. The molecule has 3 aromatic heterocycles. The lowest BCUT2D eigenvalue weighted by molar-refractivity contribution is -0.117. The molecule has 0 saturated heterocycles. The number of nitrogens with one attached hydrogen (secondary N) is 1. The number of hydrogen-bond donors (Lipinski definition) is 1. The highest BCUT2D eigenvalue weighted by Gasteiger charge is 2.10. The molecule has 0 aliphatic carbocycles. The third-order valence-electron chi connectivity index (χ3n) is 3.98. The van der Waals surface area contributed by atoms with Crippen LogP contribution in [0, 0.1) is 0 Å². The predicted molar refractivity (Wildman–Crippen MR) is 100 cm³/mol. The van der Waals surface area contributed by atoms with Crippen LogP contribution >= 0.6 is 0 Å². The fourth-order valence-electron chi connectivity index (χ4n) is 2.65. The van der Waals surface area contributed by atoms with Gasteiger partial charge in [0.25, 0.3) is 5.56 Å². The lowest BCUT2D eigenvalue weighted by Gasteiger charge is -2.08. The van der Waals surface area contributed by atoms with Crippen molar-refractivity contribution >= 4 is 11.6 Å². The second-order valence-corrected chi connectivity index (χ2v) is 6.03. The van der Waals surface area contributed by atoms with Crippen molar-refractivity contribution in [1.29, 1.82) is 0 Å². The minimum Gasteiger partial charge on any atom is -0.463 e. The van der Waals surface area contributed by atoms with Crippen LogP contribution in [0.15, 0.2) is 76.7 Å². The lowest BCUT2D eigenvalue weighted by atomic mass is 10.2. The first kappa shape index (κ1) is 17.4. The van der Waals surface area contributed by atoms with Crippen molar-refractivity contribution in [3.05, 3.63) is 83.4 Å². The van der Waals surface area contributed by atoms with Gasteiger partial charge in [-0.05, 0) is 35.9 Å². The zero-order chi connectivity index (χ0) is 19.3. The van der Waals surface area contributed by atoms with Crippen LogP contribution in [0.25, 0.3) is 11.5 Å². The Morgan fingerprint density at radius 2 is 1.96 bits per heavy atom. The van der Waals surface area contributed by atoms with Gasteiger partial charge < -0.3 is 9.73 Å². The van der Waals surface area contributed by atoms with Crippen molar-refractivity contribution in [2.75, 3.05) is 5.32 Å². The Kier molecular flexibility index (Phi) is 4.79. The van der Waals surface area contributed by atoms with Crippen molar-refractivity contribution in [2.24, 2.45) is 0 Å². The fraction of sp³-hybridized carbons (Fsp3) is 0.105. The summed E-state index contributed by atoms with van der Waals surface area (Å²) in [5.41, 5.74) is 1.76. The molecule has 0 aliphatic heterocycles. The Morgan fingerprint density at radius 1 is 1.11 bits per heavy atom. The van der Waals surface area contributed by atoms with Crippen LogP contribution in [0.1, 0.15) is 5.56 Å². The largest absolute Gasteiger partial charge is 0.463 e. The van der Waals surface area contributed by atoms with E-state index in [1.807, 2.05) is 12.1 Å². The highest BCUT2D eigenvalue weighted by atomic mass is 16.3. The van der Waals surface area contributed by atoms with Gasteiger partial charge in [-0.2, -0.15) is 10.2 Å². The summed E-state index contributed by atoms with van der Waals surface area (Å²) in [5, 5.41) is 11.0. The highest BCUT2D eigenvalue weighted by Crippen LogP contribution is 2.15. The van der Waals surface area contributed by atoms with E-state index in [1.165, 1.54) is 18.7 Å². The zero-order valence-corrected chi connectivity index (χ0v) is 14.7. The maximum Gasteiger partial charge on any atom is 0.267 e. The number of benzene rings is 1. The first-order chi connectivity index (χ1) is 13.7. The van der Waals surface area contributed by atoms with E-state index >= 15 is 0 Å². The van der Waals surface area contributed by atoms with Crippen LogP contribution in [-0.4, -0.2) is 30.5 Å². The van der Waals surface area contributed by atoms with Crippen LogP contribution in [-0.2, 0) is 17.9 Å². The summed E-state index contributed by atoms with van der Waals surface area (Å²) < 4.78 is 8.08. The number of furan rings is 1. The van der Waals surface area contributed by atoms with Crippen LogP contribution in [0.4, 0.5) is 5.69 Å². The molecule has 0 saturated carbocycles. The van der Waals surface area contributed by atoms with E-state index in [4.69, 9.17) is 4.42 Å². The van der Waals surface area contributed by atoms with Gasteiger partial charge in [-0.25, -0.2) is 14.3 Å². The Balaban J connectivity index is 1.42. The summed E-state index contributed by atoms with van der Waals surface area (Å²) in [5.74, 6) is 0.173. The molecule has 0 aliphatic rings. The van der Waals surface area contributed by atoms with Crippen molar-refractivity contribution in [3.63, 3.8) is 0 Å². The van der Waals surface area contributed by atoms with E-state index in [0.717, 1.165) is 10.2 Å². The minimum atomic E-state index is -0.367. The van der Waals surface area contributed by atoms with Crippen LogP contribution in [0.3, 0.4) is 0 Å². The van der Waals surface area contributed by atoms with Gasteiger partial charge in [0.05, 0.1) is 12.8 Å². The molecule has 0 radical (unpaired) electrons. The topological polar surface area (TPSA) is 108 Å². The smallest absolute Gasteiger partial charge is 0.267 e.